The molecule has 12 nitrogen and oxygen atoms in total. The van der Waals surface area contributed by atoms with Crippen molar-refractivity contribution in [1.29, 1.82) is 0 Å². The number of carbonyl (C=O) groups excluding carboxylic acids is 3. The molecule has 0 bridgehead atoms. The number of aromatic nitrogens is 3. The second-order valence-electron chi connectivity index (χ2n) is 13.0. The number of anilines is 2. The maximum absolute atomic E-state index is 14.2. The van der Waals surface area contributed by atoms with Crippen molar-refractivity contribution in [2.24, 2.45) is 4.99 Å². The summed E-state index contributed by atoms with van der Waals surface area (Å²) in [6, 6.07) is 16.2. The zero-order valence-electron chi connectivity index (χ0n) is 30.2. The molecule has 0 aliphatic carbocycles. The average Bonchev–Trinajstić information content (AvgIpc) is 3.71. The molecule has 3 aromatic carbocycles. The highest BCUT2D eigenvalue weighted by Crippen LogP contribution is 2.34. The Hall–Kier alpha value is -4.78. The van der Waals surface area contributed by atoms with E-state index >= 15 is 0 Å². The fourth-order valence-electron chi connectivity index (χ4n) is 6.22. The van der Waals surface area contributed by atoms with Crippen LogP contribution in [0.4, 0.5) is 17.1 Å². The number of carbonyl (C=O) groups is 3. The minimum absolute atomic E-state index is 0.203. The van der Waals surface area contributed by atoms with Gasteiger partial charge in [-0.2, -0.15) is 0 Å². The van der Waals surface area contributed by atoms with Gasteiger partial charge in [0.05, 0.1) is 25.0 Å². The van der Waals surface area contributed by atoms with Gasteiger partial charge in [0.1, 0.15) is 22.5 Å². The van der Waals surface area contributed by atoms with Crippen molar-refractivity contribution < 1.29 is 23.9 Å². The van der Waals surface area contributed by atoms with Crippen molar-refractivity contribution >= 4 is 67.6 Å². The number of hydrogen-bond acceptors (Lipinski definition) is 8. The van der Waals surface area contributed by atoms with Gasteiger partial charge in [-0.15, -0.1) is 5.10 Å². The number of fused-ring (bicyclic) bond motifs is 1. The van der Waals surface area contributed by atoms with E-state index in [1.807, 2.05) is 12.1 Å². The number of para-hydroxylation sites is 1. The van der Waals surface area contributed by atoms with Gasteiger partial charge in [-0.25, -0.2) is 19.5 Å². The third-order valence-corrected chi connectivity index (χ3v) is 9.60. The van der Waals surface area contributed by atoms with Gasteiger partial charge >= 0.3 is 5.97 Å². The topological polar surface area (TPSA) is 140 Å². The second-order valence-corrected chi connectivity index (χ2v) is 13.8. The number of hydrazine groups is 1. The summed E-state index contributed by atoms with van der Waals surface area (Å²) in [5.74, 6) is -0.387. The van der Waals surface area contributed by atoms with Crippen LogP contribution < -0.4 is 20.5 Å². The molecule has 4 aromatic rings. The molecular weight excluding hydrogens is 726 g/mol. The highest BCUT2D eigenvalue weighted by Gasteiger charge is 2.42. The molecule has 1 unspecified atom stereocenters. The van der Waals surface area contributed by atoms with Gasteiger partial charge in [0.25, 0.3) is 5.91 Å². The van der Waals surface area contributed by atoms with Crippen LogP contribution in [-0.2, 0) is 14.3 Å². The Labute approximate surface area is 313 Å². The van der Waals surface area contributed by atoms with Crippen molar-refractivity contribution in [3.05, 3.63) is 70.7 Å². The third kappa shape index (κ3) is 9.96. The van der Waals surface area contributed by atoms with E-state index in [2.05, 4.69) is 43.9 Å². The number of rotatable bonds is 19. The SMILES string of the molecule is CCCCCCCCCCCCCCOC(=O)c1ccc(OC)c(N=C2NN(c3ccc(NC(C)=O)cc3)C(=O)C2n2nnc3cccc(Br)c32)c1. The Bertz CT molecular complexity index is 1860. The zero-order valence-corrected chi connectivity index (χ0v) is 31.8. The first-order valence-corrected chi connectivity index (χ1v) is 19.0. The number of ether oxygens (including phenoxy) is 2. The van der Waals surface area contributed by atoms with E-state index in [9.17, 15) is 14.4 Å². The predicted octanol–water partition coefficient (Wildman–Crippen LogP) is 8.84. The van der Waals surface area contributed by atoms with Crippen LogP contribution >= 0.6 is 15.9 Å². The number of esters is 1. The first kappa shape index (κ1) is 38.5. The molecule has 2 amide bonds. The summed E-state index contributed by atoms with van der Waals surface area (Å²) in [5.41, 5.74) is 6.09. The van der Waals surface area contributed by atoms with Crippen molar-refractivity contribution in [2.75, 3.05) is 24.0 Å². The fraction of sp³-hybridized carbons (Fsp3) is 0.436. The molecule has 13 heteroatoms. The summed E-state index contributed by atoms with van der Waals surface area (Å²) in [6.45, 7) is 4.02. The number of hydrogen-bond donors (Lipinski definition) is 2. The zero-order chi connectivity index (χ0) is 36.9. The minimum Gasteiger partial charge on any atom is -0.494 e. The van der Waals surface area contributed by atoms with Crippen LogP contribution in [0.15, 0.2) is 70.1 Å². The van der Waals surface area contributed by atoms with Crippen molar-refractivity contribution in [1.82, 2.24) is 20.4 Å². The van der Waals surface area contributed by atoms with Crippen LogP contribution in [0.25, 0.3) is 11.0 Å². The standard InChI is InChI=1S/C39H48BrN7O5/c1-4-5-6-7-8-9-10-11-12-13-14-15-25-52-39(50)28-19-24-34(51-3)33(26-28)42-37-36(47-35-31(40)17-16-18-32(35)43-45-47)38(49)46(44-37)30-22-20-29(21-23-30)41-27(2)48/h16-24,26,36H,4-15,25H2,1-3H3,(H,41,48)(H,42,44). The Morgan fingerprint density at radius 3 is 2.25 bits per heavy atom. The molecular formula is C39H48BrN7O5. The lowest BCUT2D eigenvalue weighted by atomic mass is 10.1. The summed E-state index contributed by atoms with van der Waals surface area (Å²) in [7, 11) is 1.51. The van der Waals surface area contributed by atoms with E-state index in [-0.39, 0.29) is 17.6 Å². The molecule has 0 spiro atoms. The molecule has 1 fully saturated rings. The molecule has 52 heavy (non-hydrogen) atoms. The van der Waals surface area contributed by atoms with Gasteiger partial charge in [-0.3, -0.25) is 15.0 Å². The predicted molar refractivity (Wildman–Crippen MR) is 207 cm³/mol. The summed E-state index contributed by atoms with van der Waals surface area (Å²) < 4.78 is 13.5. The fourth-order valence-corrected chi connectivity index (χ4v) is 6.76. The Morgan fingerprint density at radius 1 is 0.923 bits per heavy atom. The highest BCUT2D eigenvalue weighted by atomic mass is 79.9. The number of amides is 2. The van der Waals surface area contributed by atoms with Gasteiger partial charge in [0.15, 0.2) is 11.9 Å². The maximum Gasteiger partial charge on any atom is 0.338 e. The summed E-state index contributed by atoms with van der Waals surface area (Å²) in [4.78, 5) is 43.7. The lowest BCUT2D eigenvalue weighted by Crippen LogP contribution is -2.35. The van der Waals surface area contributed by atoms with E-state index in [1.54, 1.807) is 48.5 Å². The number of halogens is 1. The van der Waals surface area contributed by atoms with Crippen LogP contribution in [-0.4, -0.2) is 52.3 Å². The van der Waals surface area contributed by atoms with E-state index in [4.69, 9.17) is 14.5 Å². The average molecular weight is 775 g/mol. The van der Waals surface area contributed by atoms with Crippen LogP contribution in [0.3, 0.4) is 0 Å². The first-order valence-electron chi connectivity index (χ1n) is 18.2. The molecule has 1 aromatic heterocycles. The number of nitrogens with zero attached hydrogens (tertiary/aromatic N) is 5. The molecule has 1 atom stereocenters. The van der Waals surface area contributed by atoms with E-state index in [1.165, 1.54) is 81.5 Å². The first-order chi connectivity index (χ1) is 25.3. The molecule has 276 valence electrons. The normalized spacial score (nSPS) is 14.9. The van der Waals surface area contributed by atoms with Crippen molar-refractivity contribution in [3.63, 3.8) is 0 Å². The van der Waals surface area contributed by atoms with Crippen LogP contribution in [0, 0.1) is 0 Å². The van der Waals surface area contributed by atoms with E-state index < -0.39 is 12.0 Å². The number of aliphatic imine (C=N–C) groups is 1. The molecule has 1 saturated heterocycles. The number of unbranched alkanes of at least 4 members (excludes halogenated alkanes) is 11. The molecule has 2 heterocycles. The van der Waals surface area contributed by atoms with Crippen LogP contribution in [0.1, 0.15) is 107 Å². The van der Waals surface area contributed by atoms with Crippen LogP contribution in [0.2, 0.25) is 0 Å². The Morgan fingerprint density at radius 2 is 1.60 bits per heavy atom. The lowest BCUT2D eigenvalue weighted by molar-refractivity contribution is -0.119. The molecule has 1 aliphatic rings. The second kappa shape index (κ2) is 19.2. The lowest BCUT2D eigenvalue weighted by Gasteiger charge is -2.16. The summed E-state index contributed by atoms with van der Waals surface area (Å²) >= 11 is 3.58. The minimum atomic E-state index is -1.04. The Kier molecular flexibility index (Phi) is 14.2. The third-order valence-electron chi connectivity index (χ3n) is 8.96. The van der Waals surface area contributed by atoms with E-state index in [0.717, 1.165) is 19.3 Å². The molecule has 2 N–H and O–H groups in total. The maximum atomic E-state index is 14.2. The van der Waals surface area contributed by atoms with Crippen LogP contribution in [0.5, 0.6) is 5.75 Å². The molecule has 5 rings (SSSR count). The van der Waals surface area contributed by atoms with Gasteiger partial charge in [0, 0.05) is 17.1 Å². The number of methoxy groups -OCH3 is 1. The molecule has 0 radical (unpaired) electrons. The summed E-state index contributed by atoms with van der Waals surface area (Å²) in [6.07, 6.45) is 14.8. The Balaban J connectivity index is 1.28. The quantitative estimate of drug-likeness (QED) is 0.0712. The van der Waals surface area contributed by atoms with Gasteiger partial charge < -0.3 is 14.8 Å². The van der Waals surface area contributed by atoms with Crippen molar-refractivity contribution in [2.45, 2.75) is 96.9 Å². The number of amidine groups is 1. The monoisotopic (exact) mass is 773 g/mol. The highest BCUT2D eigenvalue weighted by molar-refractivity contribution is 9.10. The largest absolute Gasteiger partial charge is 0.494 e. The molecule has 1 aliphatic heterocycles. The smallest absolute Gasteiger partial charge is 0.338 e. The molecule has 0 saturated carbocycles. The van der Waals surface area contributed by atoms with E-state index in [0.29, 0.717) is 50.5 Å². The number of benzene rings is 3. The van der Waals surface area contributed by atoms with Crippen molar-refractivity contribution in [3.8, 4) is 5.75 Å². The number of nitrogens with one attached hydrogen (secondary N) is 2. The van der Waals surface area contributed by atoms with Gasteiger partial charge in [-0.05, 0) is 76.9 Å². The van der Waals surface area contributed by atoms with Gasteiger partial charge in [0.2, 0.25) is 5.91 Å². The van der Waals surface area contributed by atoms with Gasteiger partial charge in [-0.1, -0.05) is 88.8 Å². The summed E-state index contributed by atoms with van der Waals surface area (Å²) in [5, 5.41) is 12.7.